The Balaban J connectivity index is 1.50. The van der Waals surface area contributed by atoms with Gasteiger partial charge in [0.1, 0.15) is 0 Å². The second-order valence-corrected chi connectivity index (χ2v) is 7.54. The fourth-order valence-corrected chi connectivity index (χ4v) is 4.06. The van der Waals surface area contributed by atoms with E-state index in [1.54, 1.807) is 0 Å². The van der Waals surface area contributed by atoms with Gasteiger partial charge in [0.15, 0.2) is 0 Å². The fraction of sp³-hybridized carbons (Fsp3) is 0.579. The number of fused-ring (bicyclic) bond motifs is 1. The normalized spacial score (nSPS) is 25.6. The third kappa shape index (κ3) is 3.57. The van der Waals surface area contributed by atoms with Crippen LogP contribution in [-0.2, 0) is 22.4 Å². The van der Waals surface area contributed by atoms with E-state index in [9.17, 15) is 9.59 Å². The first kappa shape index (κ1) is 16.0. The molecule has 0 radical (unpaired) electrons. The Morgan fingerprint density at radius 3 is 2.13 bits per heavy atom. The van der Waals surface area contributed by atoms with E-state index in [0.717, 1.165) is 12.8 Å². The highest BCUT2D eigenvalue weighted by Crippen LogP contribution is 2.36. The SMILES string of the molecule is CC1(CNC(=O)C2CCC(C(=O)O)CC2)Cc2ccccc2C1. The zero-order valence-corrected chi connectivity index (χ0v) is 13.7. The molecular formula is C19H25NO3. The summed E-state index contributed by atoms with van der Waals surface area (Å²) < 4.78 is 0. The largest absolute Gasteiger partial charge is 0.481 e. The summed E-state index contributed by atoms with van der Waals surface area (Å²) in [6.45, 7) is 2.92. The number of rotatable bonds is 4. The molecule has 0 unspecified atom stereocenters. The molecule has 4 heteroatoms. The number of aliphatic carboxylic acids is 1. The predicted octanol–water partition coefficient (Wildman–Crippen LogP) is 2.80. The molecular weight excluding hydrogens is 290 g/mol. The number of benzene rings is 1. The van der Waals surface area contributed by atoms with Gasteiger partial charge in [-0.05, 0) is 55.1 Å². The highest BCUT2D eigenvalue weighted by molar-refractivity contribution is 5.79. The van der Waals surface area contributed by atoms with Gasteiger partial charge >= 0.3 is 5.97 Å². The predicted molar refractivity (Wildman–Crippen MR) is 88.1 cm³/mol. The maximum absolute atomic E-state index is 12.4. The molecule has 1 amide bonds. The molecule has 1 saturated carbocycles. The van der Waals surface area contributed by atoms with Gasteiger partial charge in [-0.1, -0.05) is 31.2 Å². The number of carboxylic acids is 1. The molecule has 1 fully saturated rings. The highest BCUT2D eigenvalue weighted by Gasteiger charge is 2.34. The minimum atomic E-state index is -0.722. The van der Waals surface area contributed by atoms with Crippen LogP contribution in [0.5, 0.6) is 0 Å². The monoisotopic (exact) mass is 315 g/mol. The molecule has 0 heterocycles. The van der Waals surface area contributed by atoms with Crippen molar-refractivity contribution in [1.29, 1.82) is 0 Å². The number of hydrogen-bond acceptors (Lipinski definition) is 2. The van der Waals surface area contributed by atoms with E-state index < -0.39 is 5.97 Å². The first-order valence-electron chi connectivity index (χ1n) is 8.54. The minimum absolute atomic E-state index is 0.0158. The maximum atomic E-state index is 12.4. The number of carboxylic acid groups (broad SMARTS) is 1. The van der Waals surface area contributed by atoms with Crippen LogP contribution >= 0.6 is 0 Å². The van der Waals surface area contributed by atoms with E-state index >= 15 is 0 Å². The van der Waals surface area contributed by atoms with E-state index in [-0.39, 0.29) is 23.2 Å². The van der Waals surface area contributed by atoms with Gasteiger partial charge in [0.05, 0.1) is 5.92 Å². The summed E-state index contributed by atoms with van der Waals surface area (Å²) in [6.07, 6.45) is 4.65. The number of carbonyl (C=O) groups excluding carboxylic acids is 1. The molecule has 0 bridgehead atoms. The van der Waals surface area contributed by atoms with Gasteiger partial charge < -0.3 is 10.4 Å². The number of hydrogen-bond donors (Lipinski definition) is 2. The zero-order valence-electron chi connectivity index (χ0n) is 13.7. The molecule has 0 aromatic heterocycles. The van der Waals surface area contributed by atoms with Crippen molar-refractivity contribution in [2.45, 2.75) is 45.4 Å². The van der Waals surface area contributed by atoms with Gasteiger partial charge in [-0.15, -0.1) is 0 Å². The van der Waals surface area contributed by atoms with Crippen LogP contribution in [0, 0.1) is 17.3 Å². The first-order chi connectivity index (χ1) is 11.0. The van der Waals surface area contributed by atoms with Crippen LogP contribution in [0.2, 0.25) is 0 Å². The summed E-state index contributed by atoms with van der Waals surface area (Å²) >= 11 is 0. The highest BCUT2D eigenvalue weighted by atomic mass is 16.4. The molecule has 2 N–H and O–H groups in total. The van der Waals surface area contributed by atoms with E-state index in [1.807, 2.05) is 0 Å². The van der Waals surface area contributed by atoms with Gasteiger partial charge in [-0.3, -0.25) is 9.59 Å². The van der Waals surface area contributed by atoms with Crippen LogP contribution in [0.4, 0.5) is 0 Å². The number of amides is 1. The van der Waals surface area contributed by atoms with Crippen molar-refractivity contribution < 1.29 is 14.7 Å². The molecule has 2 aliphatic carbocycles. The van der Waals surface area contributed by atoms with E-state index in [0.29, 0.717) is 32.2 Å². The number of nitrogens with one attached hydrogen (secondary N) is 1. The second kappa shape index (κ2) is 6.34. The molecule has 0 spiro atoms. The van der Waals surface area contributed by atoms with Gasteiger partial charge in [-0.25, -0.2) is 0 Å². The van der Waals surface area contributed by atoms with Crippen LogP contribution in [0.3, 0.4) is 0 Å². The molecule has 0 saturated heterocycles. The van der Waals surface area contributed by atoms with E-state index in [1.165, 1.54) is 11.1 Å². The third-order valence-corrected chi connectivity index (χ3v) is 5.49. The Kier molecular flexibility index (Phi) is 4.42. The van der Waals surface area contributed by atoms with Crippen LogP contribution in [0.25, 0.3) is 0 Å². The molecule has 124 valence electrons. The molecule has 2 aliphatic rings. The van der Waals surface area contributed by atoms with Crippen molar-refractivity contribution in [3.8, 4) is 0 Å². The summed E-state index contributed by atoms with van der Waals surface area (Å²) in [6, 6.07) is 8.50. The Bertz CT molecular complexity index is 577. The second-order valence-electron chi connectivity index (χ2n) is 7.54. The molecule has 4 nitrogen and oxygen atoms in total. The quantitative estimate of drug-likeness (QED) is 0.898. The van der Waals surface area contributed by atoms with Crippen molar-refractivity contribution >= 4 is 11.9 Å². The average molecular weight is 315 g/mol. The van der Waals surface area contributed by atoms with Crippen LogP contribution in [0.15, 0.2) is 24.3 Å². The summed E-state index contributed by atoms with van der Waals surface area (Å²) in [5, 5.41) is 12.2. The summed E-state index contributed by atoms with van der Waals surface area (Å²) in [5.74, 6) is -0.898. The summed E-state index contributed by atoms with van der Waals surface area (Å²) in [7, 11) is 0. The molecule has 0 atom stereocenters. The van der Waals surface area contributed by atoms with Crippen LogP contribution < -0.4 is 5.32 Å². The molecule has 1 aromatic rings. The van der Waals surface area contributed by atoms with Crippen LogP contribution in [-0.4, -0.2) is 23.5 Å². The Morgan fingerprint density at radius 1 is 1.09 bits per heavy atom. The van der Waals surface area contributed by atoms with E-state index in [2.05, 4.69) is 36.5 Å². The van der Waals surface area contributed by atoms with Gasteiger partial charge in [0.2, 0.25) is 5.91 Å². The standard InChI is InChI=1S/C19H25NO3/c1-19(10-15-4-2-3-5-16(15)11-19)12-20-17(21)13-6-8-14(9-7-13)18(22)23/h2-5,13-14H,6-12H2,1H3,(H,20,21)(H,22,23). The van der Waals surface area contributed by atoms with Crippen molar-refractivity contribution in [1.82, 2.24) is 5.32 Å². The van der Waals surface area contributed by atoms with Crippen molar-refractivity contribution in [2.75, 3.05) is 6.54 Å². The van der Waals surface area contributed by atoms with E-state index in [4.69, 9.17) is 5.11 Å². The van der Waals surface area contributed by atoms with Gasteiger partial charge in [-0.2, -0.15) is 0 Å². The Hall–Kier alpha value is -1.84. The van der Waals surface area contributed by atoms with Gasteiger partial charge in [0.25, 0.3) is 0 Å². The topological polar surface area (TPSA) is 66.4 Å². The molecule has 1 aromatic carbocycles. The average Bonchev–Trinajstić information content (AvgIpc) is 2.89. The molecule has 0 aliphatic heterocycles. The Labute approximate surface area is 137 Å². The third-order valence-electron chi connectivity index (χ3n) is 5.49. The van der Waals surface area contributed by atoms with Gasteiger partial charge in [0, 0.05) is 12.5 Å². The van der Waals surface area contributed by atoms with Crippen molar-refractivity contribution in [2.24, 2.45) is 17.3 Å². The zero-order chi connectivity index (χ0) is 16.4. The lowest BCUT2D eigenvalue weighted by Crippen LogP contribution is -2.40. The lowest BCUT2D eigenvalue weighted by molar-refractivity contribution is -0.144. The Morgan fingerprint density at radius 2 is 1.61 bits per heavy atom. The maximum Gasteiger partial charge on any atom is 0.306 e. The fourth-order valence-electron chi connectivity index (χ4n) is 4.06. The molecule has 3 rings (SSSR count). The molecule has 23 heavy (non-hydrogen) atoms. The smallest absolute Gasteiger partial charge is 0.306 e. The first-order valence-corrected chi connectivity index (χ1v) is 8.54. The van der Waals surface area contributed by atoms with Crippen LogP contribution in [0.1, 0.15) is 43.7 Å². The lowest BCUT2D eigenvalue weighted by Gasteiger charge is -2.28. The summed E-state index contributed by atoms with van der Waals surface area (Å²) in [4.78, 5) is 23.4. The van der Waals surface area contributed by atoms with Crippen molar-refractivity contribution in [3.05, 3.63) is 35.4 Å². The minimum Gasteiger partial charge on any atom is -0.481 e. The lowest BCUT2D eigenvalue weighted by atomic mass is 9.81. The van der Waals surface area contributed by atoms with Crippen molar-refractivity contribution in [3.63, 3.8) is 0 Å². The summed E-state index contributed by atoms with van der Waals surface area (Å²) in [5.41, 5.74) is 2.88. The number of carbonyl (C=O) groups is 2.